The number of hydrogen-bond donors (Lipinski definition) is 4. The highest BCUT2D eigenvalue weighted by molar-refractivity contribution is 7.89. The predicted molar refractivity (Wildman–Crippen MR) is 71.7 cm³/mol. The van der Waals surface area contributed by atoms with Crippen molar-refractivity contribution in [3.05, 3.63) is 23.8 Å². The van der Waals surface area contributed by atoms with Gasteiger partial charge in [-0.2, -0.15) is 4.72 Å². The Morgan fingerprint density at radius 2 is 1.95 bits per heavy atom. The summed E-state index contributed by atoms with van der Waals surface area (Å²) in [6.07, 6.45) is 0. The van der Waals surface area contributed by atoms with E-state index in [1.54, 1.807) is 0 Å². The van der Waals surface area contributed by atoms with Crippen LogP contribution in [0, 0.1) is 0 Å². The normalized spacial score (nSPS) is 12.7. The van der Waals surface area contributed by atoms with E-state index in [1.165, 1.54) is 20.0 Å². The van der Waals surface area contributed by atoms with Crippen molar-refractivity contribution >= 4 is 27.6 Å². The molecule has 1 atom stereocenters. The number of aromatic carboxylic acids is 1. The van der Waals surface area contributed by atoms with Crippen molar-refractivity contribution in [2.24, 2.45) is 0 Å². The zero-order valence-electron chi connectivity index (χ0n) is 10.9. The molecule has 0 saturated carbocycles. The summed E-state index contributed by atoms with van der Waals surface area (Å²) in [4.78, 5) is 21.9. The van der Waals surface area contributed by atoms with Gasteiger partial charge in [0.05, 0.1) is 16.5 Å². The number of carbonyl (C=O) groups is 2. The minimum Gasteiger partial charge on any atom is -0.478 e. The van der Waals surface area contributed by atoms with Gasteiger partial charge in [0.2, 0.25) is 15.9 Å². The van der Waals surface area contributed by atoms with Gasteiger partial charge >= 0.3 is 5.97 Å². The van der Waals surface area contributed by atoms with Crippen molar-refractivity contribution in [3.63, 3.8) is 0 Å². The van der Waals surface area contributed by atoms with Gasteiger partial charge in [-0.3, -0.25) is 4.79 Å². The highest BCUT2D eigenvalue weighted by Gasteiger charge is 2.26. The first-order valence-electron chi connectivity index (χ1n) is 5.55. The molecule has 0 radical (unpaired) electrons. The fraction of sp³-hybridized carbons (Fsp3) is 0.273. The van der Waals surface area contributed by atoms with Crippen molar-refractivity contribution in [1.82, 2.24) is 10.0 Å². The van der Waals surface area contributed by atoms with E-state index < -0.39 is 38.4 Å². The molecule has 0 heterocycles. The molecule has 1 aromatic rings. The van der Waals surface area contributed by atoms with Gasteiger partial charge in [0.25, 0.3) is 0 Å². The average molecular weight is 301 g/mol. The third-order valence-corrected chi connectivity index (χ3v) is 4.08. The Kier molecular flexibility index (Phi) is 4.69. The first-order chi connectivity index (χ1) is 9.19. The number of rotatable bonds is 5. The number of sulfonamides is 1. The maximum Gasteiger partial charge on any atom is 0.337 e. The third kappa shape index (κ3) is 3.45. The van der Waals surface area contributed by atoms with Gasteiger partial charge in [0.15, 0.2) is 0 Å². The van der Waals surface area contributed by atoms with Crippen LogP contribution in [0.15, 0.2) is 23.1 Å². The van der Waals surface area contributed by atoms with Crippen LogP contribution in [0.1, 0.15) is 17.3 Å². The van der Waals surface area contributed by atoms with Crippen LogP contribution >= 0.6 is 0 Å². The van der Waals surface area contributed by atoms with Crippen molar-refractivity contribution in [1.29, 1.82) is 0 Å². The van der Waals surface area contributed by atoms with Crippen LogP contribution in [0.3, 0.4) is 0 Å². The molecular formula is C11H15N3O5S. The zero-order valence-corrected chi connectivity index (χ0v) is 11.7. The van der Waals surface area contributed by atoms with E-state index in [0.29, 0.717) is 0 Å². The van der Waals surface area contributed by atoms with Crippen LogP contribution in [-0.4, -0.2) is 38.5 Å². The first-order valence-corrected chi connectivity index (χ1v) is 7.04. The van der Waals surface area contributed by atoms with Crippen LogP contribution in [0.25, 0.3) is 0 Å². The first kappa shape index (κ1) is 15.9. The van der Waals surface area contributed by atoms with Crippen LogP contribution < -0.4 is 15.8 Å². The lowest BCUT2D eigenvalue weighted by atomic mass is 10.2. The standard InChI is InChI=1S/C11H15N3O5S/c1-6(10(15)13-2)14-20(18,19)9-5-7(12)3-4-8(9)11(16)17/h3-6,14H,12H2,1-2H3,(H,13,15)(H,16,17). The summed E-state index contributed by atoms with van der Waals surface area (Å²) in [5.41, 5.74) is 5.16. The van der Waals surface area contributed by atoms with E-state index in [4.69, 9.17) is 10.8 Å². The van der Waals surface area contributed by atoms with E-state index in [9.17, 15) is 18.0 Å². The second-order valence-corrected chi connectivity index (χ2v) is 5.70. The molecule has 1 rings (SSSR count). The van der Waals surface area contributed by atoms with E-state index in [2.05, 4.69) is 10.0 Å². The molecule has 0 aliphatic heterocycles. The average Bonchev–Trinajstić information content (AvgIpc) is 2.36. The van der Waals surface area contributed by atoms with E-state index >= 15 is 0 Å². The van der Waals surface area contributed by atoms with Gasteiger partial charge < -0.3 is 16.2 Å². The molecule has 1 unspecified atom stereocenters. The molecule has 20 heavy (non-hydrogen) atoms. The molecule has 0 fully saturated rings. The molecular weight excluding hydrogens is 286 g/mol. The van der Waals surface area contributed by atoms with Crippen molar-refractivity contribution in [2.75, 3.05) is 12.8 Å². The number of nitrogens with two attached hydrogens (primary N) is 1. The summed E-state index contributed by atoms with van der Waals surface area (Å²) in [5, 5.41) is 11.3. The van der Waals surface area contributed by atoms with Crippen molar-refractivity contribution in [2.45, 2.75) is 17.9 Å². The van der Waals surface area contributed by atoms with E-state index in [1.807, 2.05) is 0 Å². The largest absolute Gasteiger partial charge is 0.478 e. The summed E-state index contributed by atoms with van der Waals surface area (Å²) in [6, 6.07) is 2.36. The lowest BCUT2D eigenvalue weighted by molar-refractivity contribution is -0.121. The van der Waals surface area contributed by atoms with Crippen molar-refractivity contribution in [3.8, 4) is 0 Å². The smallest absolute Gasteiger partial charge is 0.337 e. The molecule has 0 bridgehead atoms. The van der Waals surface area contributed by atoms with Crippen LogP contribution in [0.2, 0.25) is 0 Å². The van der Waals surface area contributed by atoms with Gasteiger partial charge in [-0.15, -0.1) is 0 Å². The highest BCUT2D eigenvalue weighted by atomic mass is 32.2. The van der Waals surface area contributed by atoms with Gasteiger partial charge in [-0.25, -0.2) is 13.2 Å². The summed E-state index contributed by atoms with van der Waals surface area (Å²) in [5.74, 6) is -1.95. The number of nitrogen functional groups attached to an aromatic ring is 1. The molecule has 5 N–H and O–H groups in total. The number of carboxylic acids is 1. The quantitative estimate of drug-likeness (QED) is 0.535. The second-order valence-electron chi connectivity index (χ2n) is 4.02. The zero-order chi connectivity index (χ0) is 15.5. The Bertz CT molecular complexity index is 641. The number of anilines is 1. The number of carboxylic acid groups (broad SMARTS) is 1. The summed E-state index contributed by atoms with van der Waals surface area (Å²) in [7, 11) is -2.83. The topological polar surface area (TPSA) is 139 Å². The maximum absolute atomic E-state index is 12.1. The van der Waals surface area contributed by atoms with Crippen LogP contribution in [0.4, 0.5) is 5.69 Å². The number of amides is 1. The highest BCUT2D eigenvalue weighted by Crippen LogP contribution is 2.19. The Morgan fingerprint density at radius 1 is 1.35 bits per heavy atom. The fourth-order valence-electron chi connectivity index (χ4n) is 1.50. The number of hydrogen-bond acceptors (Lipinski definition) is 5. The number of benzene rings is 1. The minimum atomic E-state index is -4.18. The molecule has 1 amide bonds. The molecule has 0 aromatic heterocycles. The summed E-state index contributed by atoms with van der Waals surface area (Å²) < 4.78 is 26.3. The molecule has 9 heteroatoms. The van der Waals surface area contributed by atoms with Gasteiger partial charge in [0.1, 0.15) is 0 Å². The molecule has 8 nitrogen and oxygen atoms in total. The van der Waals surface area contributed by atoms with E-state index in [-0.39, 0.29) is 5.69 Å². The van der Waals surface area contributed by atoms with Gasteiger partial charge in [0, 0.05) is 12.7 Å². The number of nitrogens with one attached hydrogen (secondary N) is 2. The van der Waals surface area contributed by atoms with Crippen LogP contribution in [0.5, 0.6) is 0 Å². The second kappa shape index (κ2) is 5.88. The Hall–Kier alpha value is -2.13. The Labute approximate surface area is 116 Å². The lowest BCUT2D eigenvalue weighted by Crippen LogP contribution is -2.43. The Morgan fingerprint density at radius 3 is 2.45 bits per heavy atom. The molecule has 0 aliphatic carbocycles. The van der Waals surface area contributed by atoms with Gasteiger partial charge in [-0.1, -0.05) is 0 Å². The third-order valence-electron chi connectivity index (χ3n) is 2.50. The summed E-state index contributed by atoms with van der Waals surface area (Å²) >= 11 is 0. The molecule has 0 aliphatic rings. The SMILES string of the molecule is CNC(=O)C(C)NS(=O)(=O)c1cc(N)ccc1C(=O)O. The molecule has 0 spiro atoms. The van der Waals surface area contributed by atoms with Crippen LogP contribution in [-0.2, 0) is 14.8 Å². The predicted octanol–water partition coefficient (Wildman–Crippen LogP) is -0.620. The minimum absolute atomic E-state index is 0.1000. The molecule has 1 aromatic carbocycles. The summed E-state index contributed by atoms with van der Waals surface area (Å²) in [6.45, 7) is 1.34. The maximum atomic E-state index is 12.1. The van der Waals surface area contributed by atoms with E-state index in [0.717, 1.165) is 12.1 Å². The molecule has 0 saturated heterocycles. The van der Waals surface area contributed by atoms with Gasteiger partial charge in [-0.05, 0) is 25.1 Å². The van der Waals surface area contributed by atoms with Crippen molar-refractivity contribution < 1.29 is 23.1 Å². The lowest BCUT2D eigenvalue weighted by Gasteiger charge is -2.14. The Balaban J connectivity index is 3.25. The monoisotopic (exact) mass is 301 g/mol. The molecule has 110 valence electrons. The fourth-order valence-corrected chi connectivity index (χ4v) is 2.94. The number of carbonyl (C=O) groups excluding carboxylic acids is 1. The number of likely N-dealkylation sites (N-methyl/N-ethyl adjacent to an activating group) is 1.